The van der Waals surface area contributed by atoms with Gasteiger partial charge in [-0.25, -0.2) is 27.5 Å². The van der Waals surface area contributed by atoms with Gasteiger partial charge in [-0.05, 0) is 61.9 Å². The molecule has 5 rings (SSSR count). The van der Waals surface area contributed by atoms with E-state index in [0.29, 0.717) is 11.2 Å². The highest BCUT2D eigenvalue weighted by Gasteiger charge is 2.21. The predicted octanol–water partition coefficient (Wildman–Crippen LogP) is 4.82. The summed E-state index contributed by atoms with van der Waals surface area (Å²) < 4.78 is 38.2. The van der Waals surface area contributed by atoms with Gasteiger partial charge in [0.2, 0.25) is 0 Å². The van der Waals surface area contributed by atoms with Crippen molar-refractivity contribution in [1.29, 1.82) is 0 Å². The molecule has 0 aliphatic rings. The molecule has 0 aliphatic carbocycles. The molecule has 3 heterocycles. The highest BCUT2D eigenvalue weighted by Crippen LogP contribution is 2.31. The Morgan fingerprint density at radius 3 is 2.36 bits per heavy atom. The molecule has 3 aromatic heterocycles. The van der Waals surface area contributed by atoms with Crippen LogP contribution < -0.4 is 21.3 Å². The van der Waals surface area contributed by atoms with Crippen LogP contribution in [0.5, 0.6) is 11.5 Å². The fourth-order valence-electron chi connectivity index (χ4n) is 4.47. The Morgan fingerprint density at radius 2 is 1.70 bits per heavy atom. The zero-order valence-corrected chi connectivity index (χ0v) is 24.2. The number of carbonyl (C=O) groups is 2. The lowest BCUT2D eigenvalue weighted by atomic mass is 10.0. The Hall–Kier alpha value is -5.59. The number of nitrogens with one attached hydrogen (secondary N) is 1. The zero-order valence-electron chi connectivity index (χ0n) is 24.2. The van der Waals surface area contributed by atoms with Gasteiger partial charge in [0.25, 0.3) is 5.56 Å². The molecule has 0 unspecified atom stereocenters. The molecule has 0 bridgehead atoms. The number of halogens is 2. The number of benzene rings is 2. The molecule has 2 amide bonds. The number of aromatic nitrogens is 4. The number of fused-ring (bicyclic) bond motifs is 1. The van der Waals surface area contributed by atoms with Crippen LogP contribution >= 0.6 is 0 Å². The third-order valence-electron chi connectivity index (χ3n) is 6.76. The molecule has 5 aromatic rings. The number of carbonyl (C=O) groups excluding carboxylic acids is 2. The molecule has 0 radical (unpaired) electrons. The minimum atomic E-state index is -0.866. The number of ether oxygens (including phenoxy) is 1. The highest BCUT2D eigenvalue weighted by molar-refractivity contribution is 5.97. The van der Waals surface area contributed by atoms with Crippen molar-refractivity contribution < 1.29 is 23.1 Å². The average molecular weight is 603 g/mol. The normalized spacial score (nSPS) is 11.2. The van der Waals surface area contributed by atoms with E-state index in [0.717, 1.165) is 22.8 Å². The first-order valence-electron chi connectivity index (χ1n) is 13.5. The van der Waals surface area contributed by atoms with E-state index < -0.39 is 34.7 Å². The van der Waals surface area contributed by atoms with E-state index in [-0.39, 0.29) is 40.8 Å². The quantitative estimate of drug-likeness (QED) is 0.255. The van der Waals surface area contributed by atoms with Crippen LogP contribution in [0.3, 0.4) is 0 Å². The molecule has 0 aliphatic heterocycles. The SMILES string of the molecule is CC(C)n1cc(C(=O)Cc2ccc(Oc3cc(NC(=O)N(C)C)cn4nccc34)c(F)c2)c(=O)n(-c2ccc(F)cc2)c1=O. The highest BCUT2D eigenvalue weighted by atomic mass is 19.1. The smallest absolute Gasteiger partial charge is 0.335 e. The van der Waals surface area contributed by atoms with Gasteiger partial charge in [0.1, 0.15) is 16.9 Å². The van der Waals surface area contributed by atoms with Gasteiger partial charge < -0.3 is 15.0 Å². The second kappa shape index (κ2) is 12.0. The van der Waals surface area contributed by atoms with Crippen molar-refractivity contribution in [3.8, 4) is 17.2 Å². The fraction of sp³-hybridized carbons (Fsp3) is 0.194. The van der Waals surface area contributed by atoms with E-state index in [9.17, 15) is 23.6 Å². The molecule has 44 heavy (non-hydrogen) atoms. The number of pyridine rings is 1. The van der Waals surface area contributed by atoms with Crippen molar-refractivity contribution in [3.63, 3.8) is 0 Å². The van der Waals surface area contributed by atoms with Crippen molar-refractivity contribution in [2.24, 2.45) is 0 Å². The predicted molar refractivity (Wildman–Crippen MR) is 159 cm³/mol. The van der Waals surface area contributed by atoms with E-state index in [1.807, 2.05) is 0 Å². The van der Waals surface area contributed by atoms with Gasteiger partial charge >= 0.3 is 11.7 Å². The second-order valence-corrected chi connectivity index (χ2v) is 10.5. The van der Waals surface area contributed by atoms with Gasteiger partial charge in [-0.15, -0.1) is 0 Å². The maximum Gasteiger partial charge on any atom is 0.335 e. The molecule has 0 atom stereocenters. The van der Waals surface area contributed by atoms with Crippen LogP contribution in [-0.2, 0) is 6.42 Å². The maximum absolute atomic E-state index is 15.3. The first-order chi connectivity index (χ1) is 20.9. The number of hydrogen-bond donors (Lipinski definition) is 1. The van der Waals surface area contributed by atoms with E-state index in [4.69, 9.17) is 4.74 Å². The number of nitrogens with zero attached hydrogens (tertiary/aromatic N) is 5. The lowest BCUT2D eigenvalue weighted by molar-refractivity contribution is 0.0990. The summed E-state index contributed by atoms with van der Waals surface area (Å²) in [5.74, 6) is -1.89. The Bertz CT molecular complexity index is 2010. The molecule has 1 N–H and O–H groups in total. The van der Waals surface area contributed by atoms with E-state index in [1.54, 1.807) is 40.2 Å². The van der Waals surface area contributed by atoms with Crippen molar-refractivity contribution in [2.75, 3.05) is 19.4 Å². The van der Waals surface area contributed by atoms with E-state index in [1.165, 1.54) is 56.7 Å². The molecule has 11 nitrogen and oxygen atoms in total. The number of hydrogen-bond acceptors (Lipinski definition) is 6. The maximum atomic E-state index is 15.3. The average Bonchev–Trinajstić information content (AvgIpc) is 3.44. The summed E-state index contributed by atoms with van der Waals surface area (Å²) in [6, 6.07) is 11.1. The van der Waals surface area contributed by atoms with Crippen LogP contribution in [0, 0.1) is 11.6 Å². The standard InChI is InChI=1S/C31H28F2N6O5/c1-18(2)37-17-23(29(41)39(31(37)43)22-8-6-20(32)7-9-22)26(40)14-19-5-10-27(24(33)13-19)44-28-15-21(35-30(42)36(3)4)16-38-25(28)11-12-34-38/h5-13,15-18H,14H2,1-4H3,(H,35,42). The van der Waals surface area contributed by atoms with Gasteiger partial charge in [-0.3, -0.25) is 14.2 Å². The molecular weight excluding hydrogens is 574 g/mol. The molecular formula is C31H28F2N6O5. The minimum absolute atomic E-state index is 0.107. The van der Waals surface area contributed by atoms with Gasteiger partial charge in [-0.1, -0.05) is 6.07 Å². The third-order valence-corrected chi connectivity index (χ3v) is 6.76. The Kier molecular flexibility index (Phi) is 8.12. The van der Waals surface area contributed by atoms with Crippen molar-refractivity contribution in [1.82, 2.24) is 23.6 Å². The summed E-state index contributed by atoms with van der Waals surface area (Å²) in [5, 5.41) is 6.86. The summed E-state index contributed by atoms with van der Waals surface area (Å²) in [6.45, 7) is 3.43. The second-order valence-electron chi connectivity index (χ2n) is 10.5. The molecule has 0 saturated carbocycles. The number of urea groups is 1. The summed E-state index contributed by atoms with van der Waals surface area (Å²) in [5.41, 5.74) is -0.570. The van der Waals surface area contributed by atoms with Crippen molar-refractivity contribution in [3.05, 3.63) is 117 Å². The first-order valence-corrected chi connectivity index (χ1v) is 13.5. The van der Waals surface area contributed by atoms with Gasteiger partial charge in [-0.2, -0.15) is 5.10 Å². The Balaban J connectivity index is 1.43. The molecule has 0 fully saturated rings. The zero-order chi connectivity index (χ0) is 31.7. The largest absolute Gasteiger partial charge is 0.452 e. The number of anilines is 1. The monoisotopic (exact) mass is 602 g/mol. The minimum Gasteiger partial charge on any atom is -0.452 e. The van der Waals surface area contributed by atoms with E-state index in [2.05, 4.69) is 10.4 Å². The number of amides is 2. The third kappa shape index (κ3) is 5.98. The first kappa shape index (κ1) is 29.9. The molecule has 13 heteroatoms. The summed E-state index contributed by atoms with van der Waals surface area (Å²) >= 11 is 0. The molecule has 226 valence electrons. The topological polar surface area (TPSA) is 120 Å². The lowest BCUT2D eigenvalue weighted by Gasteiger charge is -2.15. The fourth-order valence-corrected chi connectivity index (χ4v) is 4.47. The van der Waals surface area contributed by atoms with E-state index >= 15 is 4.39 Å². The van der Waals surface area contributed by atoms with Crippen LogP contribution in [0.25, 0.3) is 11.2 Å². The van der Waals surface area contributed by atoms with Crippen LogP contribution in [-0.4, -0.2) is 49.6 Å². The molecule has 2 aromatic carbocycles. The Morgan fingerprint density at radius 1 is 0.977 bits per heavy atom. The van der Waals surface area contributed by atoms with Crippen LogP contribution in [0.15, 0.2) is 82.8 Å². The number of ketones is 1. The van der Waals surface area contributed by atoms with Gasteiger partial charge in [0, 0.05) is 38.8 Å². The van der Waals surface area contributed by atoms with Crippen LogP contribution in [0.2, 0.25) is 0 Å². The van der Waals surface area contributed by atoms with Crippen LogP contribution in [0.4, 0.5) is 19.3 Å². The summed E-state index contributed by atoms with van der Waals surface area (Å²) in [7, 11) is 3.17. The van der Waals surface area contributed by atoms with Gasteiger partial charge in [0.05, 0.1) is 23.8 Å². The molecule has 0 saturated heterocycles. The number of rotatable bonds is 8. The molecule has 0 spiro atoms. The number of Topliss-reactive ketones (excluding diaryl/α,β-unsaturated/α-hetero) is 1. The summed E-state index contributed by atoms with van der Waals surface area (Å²) in [4.78, 5) is 53.2. The van der Waals surface area contributed by atoms with Crippen LogP contribution in [0.1, 0.15) is 35.8 Å². The van der Waals surface area contributed by atoms with Gasteiger partial charge in [0.15, 0.2) is 23.1 Å². The summed E-state index contributed by atoms with van der Waals surface area (Å²) in [6.07, 6.45) is 3.97. The Labute approximate surface area is 249 Å². The lowest BCUT2D eigenvalue weighted by Crippen LogP contribution is -2.42. The van der Waals surface area contributed by atoms with Crippen molar-refractivity contribution in [2.45, 2.75) is 26.3 Å². The van der Waals surface area contributed by atoms with Crippen molar-refractivity contribution >= 4 is 23.0 Å².